The summed E-state index contributed by atoms with van der Waals surface area (Å²) in [6, 6.07) is 37.3. The van der Waals surface area contributed by atoms with Crippen LogP contribution in [0.25, 0.3) is 5.57 Å². The van der Waals surface area contributed by atoms with E-state index in [0.717, 1.165) is 29.0 Å². The molecule has 2 nitrogen and oxygen atoms in total. The molecule has 36 heavy (non-hydrogen) atoms. The van der Waals surface area contributed by atoms with Crippen LogP contribution in [-0.2, 0) is 13.2 Å². The van der Waals surface area contributed by atoms with Crippen molar-refractivity contribution in [2.75, 3.05) is 0 Å². The SMILES string of the molecule is CC(C1=CC=CC1)=C(c1ccc(OCc2ccccc2)cc1)c1ccc(OCc2ccccc2)cc1. The van der Waals surface area contributed by atoms with E-state index < -0.39 is 0 Å². The van der Waals surface area contributed by atoms with Crippen LogP contribution in [0.15, 0.2) is 139 Å². The van der Waals surface area contributed by atoms with Crippen molar-refractivity contribution >= 4 is 5.57 Å². The monoisotopic (exact) mass is 470 g/mol. The molecule has 0 N–H and O–H groups in total. The Labute approximate surface area is 213 Å². The van der Waals surface area contributed by atoms with E-state index in [0.29, 0.717) is 13.2 Å². The molecule has 5 rings (SSSR count). The molecule has 4 aromatic carbocycles. The number of hydrogen-bond donors (Lipinski definition) is 0. The molecule has 0 bridgehead atoms. The first-order valence-electron chi connectivity index (χ1n) is 12.4. The van der Waals surface area contributed by atoms with Crippen LogP contribution in [-0.4, -0.2) is 0 Å². The predicted octanol–water partition coefficient (Wildman–Crippen LogP) is 8.55. The van der Waals surface area contributed by atoms with Gasteiger partial charge in [0.1, 0.15) is 24.7 Å². The Morgan fingerprint density at radius 3 is 1.50 bits per heavy atom. The fourth-order valence-corrected chi connectivity index (χ4v) is 4.40. The third kappa shape index (κ3) is 5.84. The van der Waals surface area contributed by atoms with Gasteiger partial charge in [0.15, 0.2) is 0 Å². The summed E-state index contributed by atoms with van der Waals surface area (Å²) in [5.41, 5.74) is 8.53. The molecule has 0 fully saturated rings. The zero-order valence-electron chi connectivity index (χ0n) is 20.6. The second kappa shape index (κ2) is 11.4. The molecule has 0 amide bonds. The van der Waals surface area contributed by atoms with Gasteiger partial charge in [-0.05, 0) is 76.6 Å². The van der Waals surface area contributed by atoms with E-state index in [4.69, 9.17) is 9.47 Å². The Balaban J connectivity index is 1.36. The zero-order chi connectivity index (χ0) is 24.6. The van der Waals surface area contributed by atoms with E-state index in [1.54, 1.807) is 0 Å². The quantitative estimate of drug-likeness (QED) is 0.244. The third-order valence-corrected chi connectivity index (χ3v) is 6.41. The summed E-state index contributed by atoms with van der Waals surface area (Å²) in [6.45, 7) is 3.34. The molecule has 1 aliphatic rings. The molecule has 0 unspecified atom stereocenters. The minimum atomic E-state index is 0.560. The second-order valence-corrected chi connectivity index (χ2v) is 8.92. The summed E-state index contributed by atoms with van der Waals surface area (Å²) < 4.78 is 12.0. The van der Waals surface area contributed by atoms with Gasteiger partial charge in [0.2, 0.25) is 0 Å². The van der Waals surface area contributed by atoms with Crippen molar-refractivity contribution in [3.63, 3.8) is 0 Å². The van der Waals surface area contributed by atoms with Crippen molar-refractivity contribution in [1.29, 1.82) is 0 Å². The molecular formula is C34H30O2. The number of benzene rings is 4. The Morgan fingerprint density at radius 2 is 1.08 bits per heavy atom. The number of ether oxygens (including phenoxy) is 2. The lowest BCUT2D eigenvalue weighted by molar-refractivity contribution is 0.306. The Morgan fingerprint density at radius 1 is 0.611 bits per heavy atom. The average Bonchev–Trinajstić information content (AvgIpc) is 3.49. The van der Waals surface area contributed by atoms with Crippen LogP contribution in [0.4, 0.5) is 0 Å². The first kappa shape index (κ1) is 23.4. The Hall–Kier alpha value is -4.30. The maximum absolute atomic E-state index is 6.02. The van der Waals surface area contributed by atoms with Gasteiger partial charge in [-0.2, -0.15) is 0 Å². The summed E-state index contributed by atoms with van der Waals surface area (Å²) in [4.78, 5) is 0. The predicted molar refractivity (Wildman–Crippen MR) is 148 cm³/mol. The lowest BCUT2D eigenvalue weighted by Gasteiger charge is -2.16. The van der Waals surface area contributed by atoms with Crippen molar-refractivity contribution in [3.8, 4) is 11.5 Å². The van der Waals surface area contributed by atoms with Crippen LogP contribution >= 0.6 is 0 Å². The smallest absolute Gasteiger partial charge is 0.119 e. The van der Waals surface area contributed by atoms with Gasteiger partial charge in [0, 0.05) is 0 Å². The van der Waals surface area contributed by atoms with Crippen LogP contribution in [0.5, 0.6) is 11.5 Å². The standard InChI is InChI=1S/C34H30O2/c1-26(29-14-8-9-15-29)34(30-16-20-32(21-17-30)35-24-27-10-4-2-5-11-27)31-18-22-33(23-19-31)36-25-28-12-6-3-7-13-28/h2-14,16-23H,15,24-25H2,1H3. The van der Waals surface area contributed by atoms with Crippen LogP contribution in [0.2, 0.25) is 0 Å². The van der Waals surface area contributed by atoms with E-state index in [2.05, 4.69) is 97.9 Å². The van der Waals surface area contributed by atoms with Crippen molar-refractivity contribution in [1.82, 2.24) is 0 Å². The first-order valence-corrected chi connectivity index (χ1v) is 12.4. The van der Waals surface area contributed by atoms with Gasteiger partial charge >= 0.3 is 0 Å². The van der Waals surface area contributed by atoms with Crippen LogP contribution < -0.4 is 9.47 Å². The largest absolute Gasteiger partial charge is 0.489 e. The highest BCUT2D eigenvalue weighted by Crippen LogP contribution is 2.34. The lowest BCUT2D eigenvalue weighted by Crippen LogP contribution is -1.98. The first-order chi connectivity index (χ1) is 17.8. The topological polar surface area (TPSA) is 18.5 Å². The van der Waals surface area contributed by atoms with E-state index >= 15 is 0 Å². The lowest BCUT2D eigenvalue weighted by atomic mass is 9.90. The molecule has 0 radical (unpaired) electrons. The van der Waals surface area contributed by atoms with E-state index in [-0.39, 0.29) is 0 Å². The van der Waals surface area contributed by atoms with E-state index in [1.807, 2.05) is 36.4 Å². The molecule has 2 heteroatoms. The molecule has 1 aliphatic carbocycles. The van der Waals surface area contributed by atoms with Crippen molar-refractivity contribution in [2.24, 2.45) is 0 Å². The highest BCUT2D eigenvalue weighted by molar-refractivity contribution is 5.85. The Kier molecular flexibility index (Phi) is 7.44. The zero-order valence-corrected chi connectivity index (χ0v) is 20.6. The molecule has 0 heterocycles. The number of rotatable bonds is 9. The average molecular weight is 471 g/mol. The Bertz CT molecular complexity index is 1270. The molecule has 178 valence electrons. The summed E-state index contributed by atoms with van der Waals surface area (Å²) in [7, 11) is 0. The molecule has 0 atom stereocenters. The minimum absolute atomic E-state index is 0.560. The summed E-state index contributed by atoms with van der Waals surface area (Å²) in [5, 5.41) is 0. The highest BCUT2D eigenvalue weighted by Gasteiger charge is 2.14. The fourth-order valence-electron chi connectivity index (χ4n) is 4.40. The van der Waals surface area contributed by atoms with Gasteiger partial charge < -0.3 is 9.47 Å². The van der Waals surface area contributed by atoms with E-state index in [1.165, 1.54) is 27.8 Å². The second-order valence-electron chi connectivity index (χ2n) is 8.92. The molecule has 0 saturated heterocycles. The molecule has 0 aromatic heterocycles. The van der Waals surface area contributed by atoms with Gasteiger partial charge in [0.25, 0.3) is 0 Å². The maximum Gasteiger partial charge on any atom is 0.119 e. The summed E-state index contributed by atoms with van der Waals surface area (Å²) >= 11 is 0. The summed E-state index contributed by atoms with van der Waals surface area (Å²) in [6.07, 6.45) is 7.52. The molecule has 4 aromatic rings. The minimum Gasteiger partial charge on any atom is -0.489 e. The number of allylic oxidation sites excluding steroid dienone is 5. The molecule has 0 spiro atoms. The van der Waals surface area contributed by atoms with Gasteiger partial charge in [-0.25, -0.2) is 0 Å². The maximum atomic E-state index is 6.02. The van der Waals surface area contributed by atoms with Crippen molar-refractivity contribution < 1.29 is 9.47 Å². The number of hydrogen-bond acceptors (Lipinski definition) is 2. The van der Waals surface area contributed by atoms with Crippen LogP contribution in [0.1, 0.15) is 35.6 Å². The van der Waals surface area contributed by atoms with Gasteiger partial charge in [-0.1, -0.05) is 103 Å². The fraction of sp³-hybridized carbons (Fsp3) is 0.118. The van der Waals surface area contributed by atoms with Crippen molar-refractivity contribution in [3.05, 3.63) is 161 Å². The van der Waals surface area contributed by atoms with E-state index in [9.17, 15) is 0 Å². The molecule has 0 aliphatic heterocycles. The van der Waals surface area contributed by atoms with Crippen molar-refractivity contribution in [2.45, 2.75) is 26.6 Å². The third-order valence-electron chi connectivity index (χ3n) is 6.41. The van der Waals surface area contributed by atoms with Gasteiger partial charge in [-0.3, -0.25) is 0 Å². The van der Waals surface area contributed by atoms with Crippen LogP contribution in [0, 0.1) is 0 Å². The molecular weight excluding hydrogens is 440 g/mol. The summed E-state index contributed by atoms with van der Waals surface area (Å²) in [5.74, 6) is 1.73. The normalized spacial score (nSPS) is 12.2. The highest BCUT2D eigenvalue weighted by atomic mass is 16.5. The van der Waals surface area contributed by atoms with Gasteiger partial charge in [-0.15, -0.1) is 0 Å². The van der Waals surface area contributed by atoms with Crippen LogP contribution in [0.3, 0.4) is 0 Å². The molecule has 0 saturated carbocycles. The van der Waals surface area contributed by atoms with Gasteiger partial charge in [0.05, 0.1) is 0 Å².